The van der Waals surface area contributed by atoms with Crippen molar-refractivity contribution in [2.24, 2.45) is 0 Å². The van der Waals surface area contributed by atoms with Gasteiger partial charge in [-0.05, 0) is 29.8 Å². The number of fused-ring (bicyclic) bond motifs is 1. The van der Waals surface area contributed by atoms with Gasteiger partial charge in [-0.3, -0.25) is 4.79 Å². The van der Waals surface area contributed by atoms with Gasteiger partial charge in [-0.1, -0.05) is 30.8 Å². The number of carbonyl (C=O) groups is 1. The highest BCUT2D eigenvalue weighted by atomic mass is 16.5. The lowest BCUT2D eigenvalue weighted by Gasteiger charge is -2.12. The van der Waals surface area contributed by atoms with E-state index in [1.165, 1.54) is 0 Å². The minimum atomic E-state index is 0.241. The molecule has 0 bridgehead atoms. The molecule has 0 saturated carbocycles. The van der Waals surface area contributed by atoms with Crippen molar-refractivity contribution in [1.82, 2.24) is 0 Å². The molecule has 116 valence electrons. The maximum atomic E-state index is 11.8. The molecule has 0 spiro atoms. The number of hydrogen-bond donors (Lipinski definition) is 0. The molecule has 2 aromatic rings. The van der Waals surface area contributed by atoms with Crippen LogP contribution in [-0.2, 0) is 9.53 Å². The highest BCUT2D eigenvalue weighted by Gasteiger charge is 2.21. The van der Waals surface area contributed by atoms with Gasteiger partial charge in [0, 0.05) is 0 Å². The lowest BCUT2D eigenvalue weighted by molar-refractivity contribution is -0.103. The first-order chi connectivity index (χ1) is 11.2. The highest BCUT2D eigenvalue weighted by molar-refractivity contribution is 6.16. The summed E-state index contributed by atoms with van der Waals surface area (Å²) in [5, 5.41) is 0. The van der Waals surface area contributed by atoms with Crippen molar-refractivity contribution in [3.63, 3.8) is 0 Å². The lowest BCUT2D eigenvalue weighted by Crippen LogP contribution is -1.99. The van der Waals surface area contributed by atoms with Crippen LogP contribution in [0.4, 0.5) is 0 Å². The molecule has 3 rings (SSSR count). The van der Waals surface area contributed by atoms with Crippen molar-refractivity contribution in [3.8, 4) is 11.5 Å². The summed E-state index contributed by atoms with van der Waals surface area (Å²) in [5.41, 5.74) is 1.85. The Bertz CT molecular complexity index is 789. The molecule has 0 radical (unpaired) electrons. The summed E-state index contributed by atoms with van der Waals surface area (Å²) < 4.78 is 16.7. The van der Waals surface area contributed by atoms with Crippen LogP contribution in [0.5, 0.6) is 11.5 Å². The van der Waals surface area contributed by atoms with Crippen LogP contribution in [0, 0.1) is 0 Å². The van der Waals surface area contributed by atoms with Gasteiger partial charge in [0.15, 0.2) is 6.29 Å². The van der Waals surface area contributed by atoms with Gasteiger partial charge in [0.1, 0.15) is 29.6 Å². The van der Waals surface area contributed by atoms with Crippen molar-refractivity contribution in [2.45, 2.75) is 0 Å². The zero-order valence-electron chi connectivity index (χ0n) is 12.7. The van der Waals surface area contributed by atoms with E-state index in [1.807, 2.05) is 42.5 Å². The average Bonchev–Trinajstić information content (AvgIpc) is 2.76. The number of carbonyl (C=O) groups excluding carboxylic acids is 1. The Hall–Kier alpha value is -3.01. The molecule has 1 aliphatic heterocycles. The summed E-state index contributed by atoms with van der Waals surface area (Å²) in [5.74, 6) is 2.20. The second-order valence-corrected chi connectivity index (χ2v) is 5.02. The van der Waals surface area contributed by atoms with Crippen LogP contribution in [0.3, 0.4) is 0 Å². The number of benzene rings is 2. The van der Waals surface area contributed by atoms with Crippen LogP contribution in [0.15, 0.2) is 60.9 Å². The van der Waals surface area contributed by atoms with Crippen LogP contribution >= 0.6 is 0 Å². The molecule has 0 amide bonds. The topological polar surface area (TPSA) is 44.8 Å². The Balaban J connectivity index is 2.22. The van der Waals surface area contributed by atoms with Gasteiger partial charge in [0.2, 0.25) is 0 Å². The third-order valence-corrected chi connectivity index (χ3v) is 3.51. The van der Waals surface area contributed by atoms with Gasteiger partial charge in [0.05, 0.1) is 18.2 Å². The minimum absolute atomic E-state index is 0.241. The fraction of sp³-hybridized carbons (Fsp3) is 0.105. The van der Waals surface area contributed by atoms with Crippen LogP contribution in [-0.4, -0.2) is 20.0 Å². The summed E-state index contributed by atoms with van der Waals surface area (Å²) in [6.07, 6.45) is 0.777. The van der Waals surface area contributed by atoms with Gasteiger partial charge >= 0.3 is 0 Å². The SMILES string of the molecule is C=C1COc2ccccc2/C(=C(\C=O)c2cccc(OC)c2)O1. The molecule has 1 heterocycles. The second kappa shape index (κ2) is 6.40. The van der Waals surface area contributed by atoms with Gasteiger partial charge in [-0.15, -0.1) is 0 Å². The van der Waals surface area contributed by atoms with Gasteiger partial charge < -0.3 is 14.2 Å². The van der Waals surface area contributed by atoms with E-state index in [0.29, 0.717) is 34.2 Å². The Kier molecular flexibility index (Phi) is 4.15. The van der Waals surface area contributed by atoms with E-state index in [1.54, 1.807) is 13.2 Å². The number of aldehydes is 1. The second-order valence-electron chi connectivity index (χ2n) is 5.02. The van der Waals surface area contributed by atoms with Crippen LogP contribution in [0.25, 0.3) is 11.3 Å². The molecular formula is C19H16O4. The van der Waals surface area contributed by atoms with Gasteiger partial charge in [-0.2, -0.15) is 0 Å². The normalized spacial score (nSPS) is 15.6. The number of allylic oxidation sites excluding steroid dienone is 1. The lowest BCUT2D eigenvalue weighted by atomic mass is 10.0. The molecule has 4 heteroatoms. The molecule has 0 fully saturated rings. The molecular weight excluding hydrogens is 292 g/mol. The summed E-state index contributed by atoms with van der Waals surface area (Å²) in [6.45, 7) is 4.07. The predicted octanol–water partition coefficient (Wildman–Crippen LogP) is 3.69. The third-order valence-electron chi connectivity index (χ3n) is 3.51. The molecule has 0 N–H and O–H groups in total. The van der Waals surface area contributed by atoms with E-state index in [2.05, 4.69) is 6.58 Å². The molecule has 1 aliphatic rings. The Morgan fingerprint density at radius 3 is 2.83 bits per heavy atom. The van der Waals surface area contributed by atoms with Crippen molar-refractivity contribution in [3.05, 3.63) is 72.0 Å². The summed E-state index contributed by atoms with van der Waals surface area (Å²) >= 11 is 0. The van der Waals surface area contributed by atoms with E-state index in [4.69, 9.17) is 14.2 Å². The Labute approximate surface area is 134 Å². The van der Waals surface area contributed by atoms with Crippen molar-refractivity contribution < 1.29 is 19.0 Å². The molecule has 2 aromatic carbocycles. The zero-order chi connectivity index (χ0) is 16.2. The standard InChI is InChI=1S/C19H16O4/c1-13-12-22-18-9-4-3-8-16(18)19(23-13)17(11-20)14-6-5-7-15(10-14)21-2/h3-11H,1,12H2,2H3/b19-17-. The van der Waals surface area contributed by atoms with E-state index < -0.39 is 0 Å². The van der Waals surface area contributed by atoms with E-state index >= 15 is 0 Å². The Morgan fingerprint density at radius 2 is 2.04 bits per heavy atom. The van der Waals surface area contributed by atoms with Crippen LogP contribution < -0.4 is 9.47 Å². The number of ether oxygens (including phenoxy) is 3. The number of hydrogen-bond acceptors (Lipinski definition) is 4. The first-order valence-electron chi connectivity index (χ1n) is 7.14. The summed E-state index contributed by atoms with van der Waals surface area (Å²) in [7, 11) is 1.58. The van der Waals surface area contributed by atoms with Gasteiger partial charge in [0.25, 0.3) is 0 Å². The number of methoxy groups -OCH3 is 1. The first kappa shape index (κ1) is 14.9. The number of para-hydroxylation sites is 1. The molecule has 0 atom stereocenters. The van der Waals surface area contributed by atoms with E-state index in [0.717, 1.165) is 11.8 Å². The summed E-state index contributed by atoms with van der Waals surface area (Å²) in [6, 6.07) is 14.7. The molecule has 0 aromatic heterocycles. The maximum Gasteiger partial charge on any atom is 0.154 e. The van der Waals surface area contributed by atoms with E-state index in [9.17, 15) is 4.79 Å². The van der Waals surface area contributed by atoms with Gasteiger partial charge in [-0.25, -0.2) is 0 Å². The Morgan fingerprint density at radius 1 is 1.22 bits per heavy atom. The van der Waals surface area contributed by atoms with Crippen molar-refractivity contribution in [1.29, 1.82) is 0 Å². The fourth-order valence-electron chi connectivity index (χ4n) is 2.41. The number of rotatable bonds is 3. The molecule has 0 unspecified atom stereocenters. The maximum absolute atomic E-state index is 11.8. The molecule has 0 aliphatic carbocycles. The quantitative estimate of drug-likeness (QED) is 0.641. The molecule has 0 saturated heterocycles. The third kappa shape index (κ3) is 2.97. The molecule has 4 nitrogen and oxygen atoms in total. The average molecular weight is 308 g/mol. The molecule has 23 heavy (non-hydrogen) atoms. The fourth-order valence-corrected chi connectivity index (χ4v) is 2.41. The minimum Gasteiger partial charge on any atom is -0.497 e. The zero-order valence-corrected chi connectivity index (χ0v) is 12.7. The van der Waals surface area contributed by atoms with E-state index in [-0.39, 0.29) is 6.61 Å². The van der Waals surface area contributed by atoms with Crippen molar-refractivity contribution in [2.75, 3.05) is 13.7 Å². The van der Waals surface area contributed by atoms with Crippen LogP contribution in [0.2, 0.25) is 0 Å². The largest absolute Gasteiger partial charge is 0.497 e. The van der Waals surface area contributed by atoms with Crippen LogP contribution in [0.1, 0.15) is 11.1 Å². The van der Waals surface area contributed by atoms with Crippen molar-refractivity contribution >= 4 is 17.6 Å². The summed E-state index contributed by atoms with van der Waals surface area (Å²) in [4.78, 5) is 11.8. The predicted molar refractivity (Wildman–Crippen MR) is 88.0 cm³/mol. The highest BCUT2D eigenvalue weighted by Crippen LogP contribution is 2.36. The first-order valence-corrected chi connectivity index (χ1v) is 7.14. The smallest absolute Gasteiger partial charge is 0.154 e. The monoisotopic (exact) mass is 308 g/mol.